The summed E-state index contributed by atoms with van der Waals surface area (Å²) in [5.74, 6) is 1.80. The molecule has 0 spiro atoms. The molecule has 0 aromatic carbocycles. The topological polar surface area (TPSA) is 20.3 Å². The Bertz CT molecular complexity index is 270. The second-order valence-corrected chi connectivity index (χ2v) is 6.00. The molecule has 0 aromatic heterocycles. The van der Waals surface area contributed by atoms with Crippen LogP contribution in [0.1, 0.15) is 58.3 Å². The Morgan fingerprint density at radius 1 is 1.12 bits per heavy atom. The van der Waals surface area contributed by atoms with E-state index in [9.17, 15) is 4.79 Å². The van der Waals surface area contributed by atoms with Crippen LogP contribution in [-0.2, 0) is 4.79 Å². The molecule has 0 radical (unpaired) electrons. The highest BCUT2D eigenvalue weighted by atomic mass is 16.2. The molecule has 0 N–H and O–H groups in total. The quantitative estimate of drug-likeness (QED) is 0.702. The van der Waals surface area contributed by atoms with Crippen LogP contribution < -0.4 is 0 Å². The molecular weight excluding hydrogens is 198 g/mol. The van der Waals surface area contributed by atoms with E-state index in [1.54, 1.807) is 0 Å². The molecule has 2 heterocycles. The van der Waals surface area contributed by atoms with Gasteiger partial charge in [-0.2, -0.15) is 0 Å². The maximum absolute atomic E-state index is 12.4. The van der Waals surface area contributed by atoms with E-state index in [1.165, 1.54) is 38.5 Å². The third kappa shape index (κ3) is 1.57. The molecule has 3 fully saturated rings. The molecule has 2 nitrogen and oxygen atoms in total. The largest absolute Gasteiger partial charge is 0.336 e. The summed E-state index contributed by atoms with van der Waals surface area (Å²) < 4.78 is 0. The molecule has 1 amide bonds. The second kappa shape index (κ2) is 4.05. The molecule has 0 aromatic rings. The van der Waals surface area contributed by atoms with Crippen molar-refractivity contribution in [3.63, 3.8) is 0 Å². The molecule has 2 bridgehead atoms. The van der Waals surface area contributed by atoms with Crippen molar-refractivity contribution in [1.82, 2.24) is 4.90 Å². The van der Waals surface area contributed by atoms with Gasteiger partial charge in [0.2, 0.25) is 5.91 Å². The van der Waals surface area contributed by atoms with E-state index in [4.69, 9.17) is 0 Å². The van der Waals surface area contributed by atoms with Crippen molar-refractivity contribution in [1.29, 1.82) is 0 Å². The van der Waals surface area contributed by atoms with Crippen molar-refractivity contribution in [3.8, 4) is 0 Å². The summed E-state index contributed by atoms with van der Waals surface area (Å²) in [6.07, 6.45) is 10.0. The number of piperidine rings is 1. The molecule has 2 saturated heterocycles. The van der Waals surface area contributed by atoms with Crippen LogP contribution in [0.15, 0.2) is 0 Å². The van der Waals surface area contributed by atoms with Gasteiger partial charge in [-0.05, 0) is 44.4 Å². The molecule has 2 heteroatoms. The van der Waals surface area contributed by atoms with Crippen LogP contribution in [0.25, 0.3) is 0 Å². The molecule has 16 heavy (non-hydrogen) atoms. The summed E-state index contributed by atoms with van der Waals surface area (Å²) in [6.45, 7) is 2.30. The summed E-state index contributed by atoms with van der Waals surface area (Å²) in [5, 5.41) is 0. The smallest absolute Gasteiger partial charge is 0.226 e. The minimum Gasteiger partial charge on any atom is -0.336 e. The third-order valence-corrected chi connectivity index (χ3v) is 5.12. The number of hydrogen-bond acceptors (Lipinski definition) is 1. The standard InChI is InChI=1S/C14H23NO/c1-2-10-8-12-6-7-13(9-10)15(12)14(16)11-4-3-5-11/h10-13H,2-9H2,1H3. The van der Waals surface area contributed by atoms with Crippen LogP contribution in [0.3, 0.4) is 0 Å². The Hall–Kier alpha value is -0.530. The summed E-state index contributed by atoms with van der Waals surface area (Å²) in [7, 11) is 0. The average Bonchev–Trinajstić information content (AvgIpc) is 2.47. The lowest BCUT2D eigenvalue weighted by molar-refractivity contribution is -0.143. The Labute approximate surface area is 98.4 Å². The first-order valence-corrected chi connectivity index (χ1v) is 7.11. The summed E-state index contributed by atoms with van der Waals surface area (Å²) in [6, 6.07) is 1.22. The SMILES string of the molecule is CCC1CC2CCC(C1)N2C(=O)C1CCC1. The monoisotopic (exact) mass is 221 g/mol. The fraction of sp³-hybridized carbons (Fsp3) is 0.929. The molecule has 2 unspecified atom stereocenters. The lowest BCUT2D eigenvalue weighted by Crippen LogP contribution is -2.49. The van der Waals surface area contributed by atoms with Gasteiger partial charge in [0.25, 0.3) is 0 Å². The lowest BCUT2D eigenvalue weighted by atomic mass is 9.82. The number of carbonyl (C=O) groups is 1. The van der Waals surface area contributed by atoms with E-state index in [0.717, 1.165) is 18.8 Å². The van der Waals surface area contributed by atoms with Crippen LogP contribution in [0, 0.1) is 11.8 Å². The van der Waals surface area contributed by atoms with E-state index in [-0.39, 0.29) is 0 Å². The summed E-state index contributed by atoms with van der Waals surface area (Å²) in [4.78, 5) is 14.7. The minimum absolute atomic E-state index is 0.404. The zero-order valence-electron chi connectivity index (χ0n) is 10.3. The molecule has 90 valence electrons. The first-order chi connectivity index (χ1) is 7.79. The van der Waals surface area contributed by atoms with Crippen LogP contribution in [0.4, 0.5) is 0 Å². The first kappa shape index (κ1) is 10.6. The number of rotatable bonds is 2. The molecule has 2 aliphatic heterocycles. The van der Waals surface area contributed by atoms with Gasteiger partial charge in [0.1, 0.15) is 0 Å². The highest BCUT2D eigenvalue weighted by molar-refractivity contribution is 5.80. The molecule has 2 atom stereocenters. The van der Waals surface area contributed by atoms with Gasteiger partial charge in [-0.3, -0.25) is 4.79 Å². The second-order valence-electron chi connectivity index (χ2n) is 6.00. The van der Waals surface area contributed by atoms with E-state index >= 15 is 0 Å². The van der Waals surface area contributed by atoms with Gasteiger partial charge < -0.3 is 4.90 Å². The van der Waals surface area contributed by atoms with E-state index in [0.29, 0.717) is 23.9 Å². The Kier molecular flexibility index (Phi) is 2.68. The van der Waals surface area contributed by atoms with Gasteiger partial charge in [-0.1, -0.05) is 19.8 Å². The third-order valence-electron chi connectivity index (χ3n) is 5.12. The number of hydrogen-bond donors (Lipinski definition) is 0. The van der Waals surface area contributed by atoms with Crippen molar-refractivity contribution in [2.24, 2.45) is 11.8 Å². The predicted molar refractivity (Wildman–Crippen MR) is 64.0 cm³/mol. The number of carbonyl (C=O) groups excluding carboxylic acids is 1. The van der Waals surface area contributed by atoms with Gasteiger partial charge in [-0.25, -0.2) is 0 Å². The fourth-order valence-electron chi connectivity index (χ4n) is 3.85. The summed E-state index contributed by atoms with van der Waals surface area (Å²) in [5.41, 5.74) is 0. The van der Waals surface area contributed by atoms with Gasteiger partial charge in [0, 0.05) is 18.0 Å². The van der Waals surface area contributed by atoms with Gasteiger partial charge in [0.15, 0.2) is 0 Å². The van der Waals surface area contributed by atoms with E-state index in [1.807, 2.05) is 0 Å². The van der Waals surface area contributed by atoms with Crippen LogP contribution in [0.5, 0.6) is 0 Å². The van der Waals surface area contributed by atoms with Crippen molar-refractivity contribution < 1.29 is 4.79 Å². The van der Waals surface area contributed by atoms with E-state index < -0.39 is 0 Å². The van der Waals surface area contributed by atoms with Gasteiger partial charge >= 0.3 is 0 Å². The fourth-order valence-corrected chi connectivity index (χ4v) is 3.85. The highest BCUT2D eigenvalue weighted by Gasteiger charge is 2.44. The first-order valence-electron chi connectivity index (χ1n) is 7.11. The summed E-state index contributed by atoms with van der Waals surface area (Å²) >= 11 is 0. The maximum Gasteiger partial charge on any atom is 0.226 e. The Morgan fingerprint density at radius 3 is 2.19 bits per heavy atom. The number of amides is 1. The number of nitrogens with zero attached hydrogens (tertiary/aromatic N) is 1. The number of fused-ring (bicyclic) bond motifs is 2. The van der Waals surface area contributed by atoms with Crippen molar-refractivity contribution in [3.05, 3.63) is 0 Å². The molecule has 3 rings (SSSR count). The zero-order valence-corrected chi connectivity index (χ0v) is 10.3. The van der Waals surface area contributed by atoms with Crippen LogP contribution >= 0.6 is 0 Å². The van der Waals surface area contributed by atoms with Crippen molar-refractivity contribution in [2.45, 2.75) is 70.4 Å². The maximum atomic E-state index is 12.4. The Balaban J connectivity index is 1.70. The molecule has 1 aliphatic carbocycles. The Morgan fingerprint density at radius 2 is 1.75 bits per heavy atom. The lowest BCUT2D eigenvalue weighted by Gasteiger charge is -2.42. The van der Waals surface area contributed by atoms with Crippen LogP contribution in [-0.4, -0.2) is 22.9 Å². The zero-order chi connectivity index (χ0) is 11.1. The molecule has 3 aliphatic rings. The normalized spacial score (nSPS) is 38.6. The van der Waals surface area contributed by atoms with Crippen molar-refractivity contribution >= 4 is 5.91 Å². The minimum atomic E-state index is 0.404. The van der Waals surface area contributed by atoms with Gasteiger partial charge in [-0.15, -0.1) is 0 Å². The molecular formula is C14H23NO. The molecule has 1 saturated carbocycles. The highest BCUT2D eigenvalue weighted by Crippen LogP contribution is 2.42. The van der Waals surface area contributed by atoms with Gasteiger partial charge in [0.05, 0.1) is 0 Å². The van der Waals surface area contributed by atoms with Crippen molar-refractivity contribution in [2.75, 3.05) is 0 Å². The van der Waals surface area contributed by atoms with E-state index in [2.05, 4.69) is 11.8 Å². The average molecular weight is 221 g/mol. The predicted octanol–water partition coefficient (Wildman–Crippen LogP) is 2.97. The van der Waals surface area contributed by atoms with Crippen LogP contribution in [0.2, 0.25) is 0 Å².